The van der Waals surface area contributed by atoms with Gasteiger partial charge in [0, 0.05) is 11.6 Å². The highest BCUT2D eigenvalue weighted by Gasteiger charge is 2.12. The molecule has 0 aliphatic heterocycles. The van der Waals surface area contributed by atoms with Gasteiger partial charge < -0.3 is 9.64 Å². The van der Waals surface area contributed by atoms with E-state index in [0.29, 0.717) is 18.2 Å². The molecule has 0 amide bonds. The summed E-state index contributed by atoms with van der Waals surface area (Å²) in [6, 6.07) is 0.498. The van der Waals surface area contributed by atoms with Crippen molar-refractivity contribution in [2.75, 3.05) is 20.7 Å². The largest absolute Gasteiger partial charge is 0.462 e. The zero-order chi connectivity index (χ0) is 17.5. The average Bonchev–Trinajstić information content (AvgIpc) is 2.50. The van der Waals surface area contributed by atoms with Crippen LogP contribution in [0.3, 0.4) is 0 Å². The predicted molar refractivity (Wildman–Crippen MR) is 107 cm³/mol. The van der Waals surface area contributed by atoms with E-state index in [4.69, 9.17) is 4.74 Å². The summed E-state index contributed by atoms with van der Waals surface area (Å²) >= 11 is 0. The molecule has 0 saturated carbocycles. The Labute approximate surface area is 156 Å². The number of halogens is 1. The Morgan fingerprint density at radius 3 is 1.92 bits per heavy atom. The molecule has 0 aromatic heterocycles. The minimum absolute atomic E-state index is 0. The van der Waals surface area contributed by atoms with Gasteiger partial charge in [0.05, 0.1) is 6.61 Å². The predicted octanol–water partition coefficient (Wildman–Crippen LogP) is 5.77. The monoisotopic (exact) mass is 361 g/mol. The maximum atomic E-state index is 11.4. The van der Waals surface area contributed by atoms with Crippen molar-refractivity contribution >= 4 is 18.4 Å². The van der Waals surface area contributed by atoms with Gasteiger partial charge in [0.25, 0.3) is 0 Å². The molecule has 0 aliphatic rings. The summed E-state index contributed by atoms with van der Waals surface area (Å²) < 4.78 is 5.21. The molecule has 0 heterocycles. The minimum atomic E-state index is -0.273. The number of rotatable bonds is 15. The first-order valence-corrected chi connectivity index (χ1v) is 9.48. The van der Waals surface area contributed by atoms with E-state index in [1.165, 1.54) is 64.2 Å². The van der Waals surface area contributed by atoms with Crippen LogP contribution in [0, 0.1) is 0 Å². The number of esters is 1. The van der Waals surface area contributed by atoms with Crippen LogP contribution in [-0.4, -0.2) is 37.6 Å². The molecule has 0 rings (SSSR count). The molecule has 0 aliphatic carbocycles. The van der Waals surface area contributed by atoms with E-state index in [9.17, 15) is 4.79 Å². The Morgan fingerprint density at radius 1 is 0.958 bits per heavy atom. The fraction of sp³-hybridized carbons (Fsp3) is 0.850. The fourth-order valence-electron chi connectivity index (χ4n) is 2.76. The van der Waals surface area contributed by atoms with Crippen LogP contribution in [0.1, 0.15) is 84.5 Å². The van der Waals surface area contributed by atoms with Crippen LogP contribution >= 0.6 is 12.4 Å². The lowest BCUT2D eigenvalue weighted by Gasteiger charge is -2.24. The van der Waals surface area contributed by atoms with Gasteiger partial charge in [-0.2, -0.15) is 0 Å². The topological polar surface area (TPSA) is 29.5 Å². The van der Waals surface area contributed by atoms with Crippen molar-refractivity contribution in [3.8, 4) is 0 Å². The molecule has 0 aromatic carbocycles. The normalized spacial score (nSPS) is 11.9. The molecule has 1 atom stereocenters. The molecule has 0 aromatic rings. The number of carbonyl (C=O) groups excluding carboxylic acids is 1. The highest BCUT2D eigenvalue weighted by atomic mass is 35.5. The Bertz CT molecular complexity index is 319. The molecule has 0 spiro atoms. The van der Waals surface area contributed by atoms with Gasteiger partial charge in [-0.25, -0.2) is 4.79 Å². The van der Waals surface area contributed by atoms with Crippen molar-refractivity contribution in [2.45, 2.75) is 90.5 Å². The SMILES string of the molecule is C=C(C)C(=O)OCCC(CCCCCCCCCCC)N(C)C.Cl. The lowest BCUT2D eigenvalue weighted by molar-refractivity contribution is -0.139. The quantitative estimate of drug-likeness (QED) is 0.211. The number of nitrogens with zero attached hydrogens (tertiary/aromatic N) is 1. The fourth-order valence-corrected chi connectivity index (χ4v) is 2.76. The molecule has 24 heavy (non-hydrogen) atoms. The zero-order valence-electron chi connectivity index (χ0n) is 16.4. The van der Waals surface area contributed by atoms with Crippen LogP contribution in [-0.2, 0) is 9.53 Å². The summed E-state index contributed by atoms with van der Waals surface area (Å²) in [7, 11) is 4.22. The van der Waals surface area contributed by atoms with Gasteiger partial charge in [0.15, 0.2) is 0 Å². The summed E-state index contributed by atoms with van der Waals surface area (Å²) in [5.41, 5.74) is 0.477. The third-order valence-corrected chi connectivity index (χ3v) is 4.40. The second kappa shape index (κ2) is 17.3. The third kappa shape index (κ3) is 15.0. The van der Waals surface area contributed by atoms with Crippen molar-refractivity contribution < 1.29 is 9.53 Å². The van der Waals surface area contributed by atoms with Crippen molar-refractivity contribution in [1.29, 1.82) is 0 Å². The van der Waals surface area contributed by atoms with Gasteiger partial charge in [-0.15, -0.1) is 12.4 Å². The molecule has 3 nitrogen and oxygen atoms in total. The van der Waals surface area contributed by atoms with Crippen LogP contribution in [0.15, 0.2) is 12.2 Å². The molecule has 0 saturated heterocycles. The van der Waals surface area contributed by atoms with Crippen molar-refractivity contribution in [2.24, 2.45) is 0 Å². The maximum Gasteiger partial charge on any atom is 0.333 e. The lowest BCUT2D eigenvalue weighted by Crippen LogP contribution is -2.29. The first-order valence-electron chi connectivity index (χ1n) is 9.48. The van der Waals surface area contributed by atoms with Gasteiger partial charge in [0.2, 0.25) is 0 Å². The summed E-state index contributed by atoms with van der Waals surface area (Å²) in [6.45, 7) is 8.05. The standard InChI is InChI=1S/C20H39NO2.ClH/c1-6-7-8-9-10-11-12-13-14-15-19(21(4)5)16-17-23-20(22)18(2)3;/h19H,2,6-17H2,1,3-5H3;1H. The van der Waals surface area contributed by atoms with E-state index < -0.39 is 0 Å². The van der Waals surface area contributed by atoms with Crippen molar-refractivity contribution in [3.63, 3.8) is 0 Å². The second-order valence-corrected chi connectivity index (χ2v) is 6.94. The van der Waals surface area contributed by atoms with Crippen LogP contribution in [0.25, 0.3) is 0 Å². The van der Waals surface area contributed by atoms with Gasteiger partial charge in [-0.05, 0) is 33.9 Å². The molecule has 0 fully saturated rings. The van der Waals surface area contributed by atoms with Gasteiger partial charge in [-0.3, -0.25) is 0 Å². The summed E-state index contributed by atoms with van der Waals surface area (Å²) in [5, 5.41) is 0. The van der Waals surface area contributed by atoms with Crippen molar-refractivity contribution in [1.82, 2.24) is 4.90 Å². The minimum Gasteiger partial charge on any atom is -0.462 e. The second-order valence-electron chi connectivity index (χ2n) is 6.94. The third-order valence-electron chi connectivity index (χ3n) is 4.40. The Kier molecular flexibility index (Phi) is 18.5. The first-order chi connectivity index (χ1) is 11.0. The van der Waals surface area contributed by atoms with Crippen LogP contribution in [0.4, 0.5) is 0 Å². The molecule has 144 valence electrons. The van der Waals surface area contributed by atoms with Crippen molar-refractivity contribution in [3.05, 3.63) is 12.2 Å². The molecular weight excluding hydrogens is 322 g/mol. The molecule has 4 heteroatoms. The van der Waals surface area contributed by atoms with Crippen LogP contribution in [0.2, 0.25) is 0 Å². The summed E-state index contributed by atoms with van der Waals surface area (Å²) in [4.78, 5) is 13.6. The lowest BCUT2D eigenvalue weighted by atomic mass is 10.0. The molecule has 0 bridgehead atoms. The zero-order valence-corrected chi connectivity index (χ0v) is 17.3. The average molecular weight is 362 g/mol. The highest BCUT2D eigenvalue weighted by molar-refractivity contribution is 5.86. The Morgan fingerprint density at radius 2 is 1.46 bits per heavy atom. The number of ether oxygens (including phenoxy) is 1. The van der Waals surface area contributed by atoms with E-state index in [2.05, 4.69) is 32.5 Å². The van der Waals surface area contributed by atoms with Gasteiger partial charge >= 0.3 is 5.97 Å². The highest BCUT2D eigenvalue weighted by Crippen LogP contribution is 2.14. The molecule has 0 radical (unpaired) electrons. The first kappa shape index (κ1) is 25.7. The van der Waals surface area contributed by atoms with Gasteiger partial charge in [0.1, 0.15) is 0 Å². The van der Waals surface area contributed by atoms with E-state index >= 15 is 0 Å². The van der Waals surface area contributed by atoms with Crippen LogP contribution < -0.4 is 0 Å². The molecular formula is C20H40ClNO2. The Hall–Kier alpha value is -0.540. The summed E-state index contributed by atoms with van der Waals surface area (Å²) in [5.74, 6) is -0.273. The smallest absolute Gasteiger partial charge is 0.333 e. The maximum absolute atomic E-state index is 11.4. The van der Waals surface area contributed by atoms with E-state index in [1.807, 2.05) is 0 Å². The van der Waals surface area contributed by atoms with Crippen LogP contribution in [0.5, 0.6) is 0 Å². The summed E-state index contributed by atoms with van der Waals surface area (Å²) in [6.07, 6.45) is 14.3. The van der Waals surface area contributed by atoms with E-state index in [-0.39, 0.29) is 18.4 Å². The molecule has 0 N–H and O–H groups in total. The number of hydrogen-bond donors (Lipinski definition) is 0. The number of carbonyl (C=O) groups is 1. The molecule has 1 unspecified atom stereocenters. The van der Waals surface area contributed by atoms with E-state index in [1.54, 1.807) is 6.92 Å². The number of unbranched alkanes of at least 4 members (excludes halogenated alkanes) is 8. The van der Waals surface area contributed by atoms with E-state index in [0.717, 1.165) is 6.42 Å². The number of hydrogen-bond acceptors (Lipinski definition) is 3. The Balaban J connectivity index is 0. The van der Waals surface area contributed by atoms with Gasteiger partial charge in [-0.1, -0.05) is 71.3 Å².